The maximum absolute atomic E-state index is 12.7. The van der Waals surface area contributed by atoms with Crippen molar-refractivity contribution in [1.82, 2.24) is 16.1 Å². The molecule has 0 radical (unpaired) electrons. The Labute approximate surface area is 231 Å². The Bertz CT molecular complexity index is 1280. The predicted molar refractivity (Wildman–Crippen MR) is 147 cm³/mol. The van der Waals surface area contributed by atoms with Gasteiger partial charge in [-0.3, -0.25) is 4.79 Å². The summed E-state index contributed by atoms with van der Waals surface area (Å²) in [6, 6.07) is 13.2. The second-order valence-corrected chi connectivity index (χ2v) is 8.48. The summed E-state index contributed by atoms with van der Waals surface area (Å²) < 4.78 is 21.2. The lowest BCUT2D eigenvalue weighted by Gasteiger charge is -2.30. The molecule has 12 heteroatoms. The molecule has 2 aromatic rings. The summed E-state index contributed by atoms with van der Waals surface area (Å²) in [5, 5.41) is 10.3. The van der Waals surface area contributed by atoms with Crippen molar-refractivity contribution < 1.29 is 33.3 Å². The molecule has 3 rings (SSSR count). The number of ether oxygens (including phenoxy) is 4. The number of thiocarbonyl (C=S) groups is 1. The van der Waals surface area contributed by atoms with Gasteiger partial charge in [0.05, 0.1) is 31.0 Å². The second-order valence-electron chi connectivity index (χ2n) is 8.08. The van der Waals surface area contributed by atoms with E-state index < -0.39 is 23.9 Å². The van der Waals surface area contributed by atoms with Crippen LogP contribution in [0.1, 0.15) is 37.9 Å². The molecule has 0 aromatic heterocycles. The van der Waals surface area contributed by atoms with Gasteiger partial charge in [-0.25, -0.2) is 15.0 Å². The third-order valence-electron chi connectivity index (χ3n) is 5.28. The Morgan fingerprint density at radius 3 is 2.56 bits per heavy atom. The van der Waals surface area contributed by atoms with E-state index in [0.29, 0.717) is 39.0 Å². The van der Waals surface area contributed by atoms with Crippen LogP contribution in [0.5, 0.6) is 11.5 Å². The Morgan fingerprint density at radius 2 is 1.79 bits per heavy atom. The van der Waals surface area contributed by atoms with Gasteiger partial charge in [-0.1, -0.05) is 30.3 Å². The first kappa shape index (κ1) is 29.1. The molecule has 3 N–H and O–H groups in total. The van der Waals surface area contributed by atoms with Crippen LogP contribution in [-0.4, -0.2) is 55.6 Å². The molecule has 39 heavy (non-hydrogen) atoms. The van der Waals surface area contributed by atoms with Crippen molar-refractivity contribution in [1.29, 1.82) is 0 Å². The topological polar surface area (TPSA) is 137 Å². The Kier molecular flexibility index (Phi) is 10.8. The van der Waals surface area contributed by atoms with Crippen LogP contribution in [0.15, 0.2) is 64.9 Å². The number of nitrogens with one attached hydrogen (secondary N) is 3. The molecule has 0 fully saturated rings. The molecule has 1 amide bonds. The first-order valence-corrected chi connectivity index (χ1v) is 12.6. The summed E-state index contributed by atoms with van der Waals surface area (Å²) in [5.74, 6) is -0.607. The largest absolute Gasteiger partial charge is 0.483 e. The fraction of sp³-hybridized carbons (Fsp3) is 0.296. The van der Waals surface area contributed by atoms with Crippen molar-refractivity contribution in [3.05, 3.63) is 70.9 Å². The third-order valence-corrected chi connectivity index (χ3v) is 5.50. The number of hydrazone groups is 1. The zero-order chi connectivity index (χ0) is 28.2. The molecular weight excluding hydrogens is 524 g/mol. The lowest BCUT2D eigenvalue weighted by molar-refractivity contribution is -0.145. The summed E-state index contributed by atoms with van der Waals surface area (Å²) in [7, 11) is 0. The molecule has 0 bridgehead atoms. The number of allylic oxidation sites excluding steroid dienone is 1. The van der Waals surface area contributed by atoms with E-state index in [1.807, 2.05) is 0 Å². The maximum Gasteiger partial charge on any atom is 0.344 e. The number of para-hydroxylation sites is 1. The number of hydrogen-bond donors (Lipinski definition) is 3. The first-order chi connectivity index (χ1) is 18.8. The quantitative estimate of drug-likeness (QED) is 0.155. The molecule has 2 aromatic carbocycles. The molecule has 1 atom stereocenters. The van der Waals surface area contributed by atoms with Crippen LogP contribution < -0.4 is 25.5 Å². The Hall–Kier alpha value is -4.45. The third kappa shape index (κ3) is 8.54. The van der Waals surface area contributed by atoms with Crippen LogP contribution in [0.4, 0.5) is 0 Å². The van der Waals surface area contributed by atoms with Gasteiger partial charge in [0.15, 0.2) is 18.3 Å². The highest BCUT2D eigenvalue weighted by molar-refractivity contribution is 7.80. The zero-order valence-corrected chi connectivity index (χ0v) is 22.6. The van der Waals surface area contributed by atoms with Gasteiger partial charge in [0.1, 0.15) is 11.5 Å². The second kappa shape index (κ2) is 14.5. The average molecular weight is 555 g/mol. The molecule has 1 heterocycles. The number of nitrogens with zero attached hydrogens (tertiary/aromatic N) is 1. The van der Waals surface area contributed by atoms with Crippen molar-refractivity contribution >= 4 is 41.4 Å². The molecule has 206 valence electrons. The summed E-state index contributed by atoms with van der Waals surface area (Å²) in [6.45, 7) is 5.14. The van der Waals surface area contributed by atoms with Gasteiger partial charge >= 0.3 is 11.9 Å². The van der Waals surface area contributed by atoms with E-state index in [0.717, 1.165) is 0 Å². The standard InChI is InChI=1S/C27H30N4O7S/c1-4-35-23(33)16-37-19-10-8-9-18(13-19)14-28-31-22(32)15-38-21-12-7-6-11-20(21)25-24(26(34)36-5-2)17(3)29-27(39)30-25/h6-14,25H,4-5,15-16H2,1-3H3,(H,31,32)(H2,29,30,39)/t25-/m0/s1. The van der Waals surface area contributed by atoms with Crippen LogP contribution in [0.2, 0.25) is 0 Å². The fourth-order valence-corrected chi connectivity index (χ4v) is 3.91. The van der Waals surface area contributed by atoms with Gasteiger partial charge in [0.2, 0.25) is 0 Å². The summed E-state index contributed by atoms with van der Waals surface area (Å²) in [4.78, 5) is 36.5. The normalized spacial score (nSPS) is 14.7. The minimum absolute atomic E-state index is 0.209. The van der Waals surface area contributed by atoms with Crippen molar-refractivity contribution in [3.8, 4) is 11.5 Å². The molecule has 0 saturated carbocycles. The summed E-state index contributed by atoms with van der Waals surface area (Å²) in [5.41, 5.74) is 4.59. The monoisotopic (exact) mass is 554 g/mol. The van der Waals surface area contributed by atoms with Crippen molar-refractivity contribution in [2.24, 2.45) is 5.10 Å². The van der Waals surface area contributed by atoms with Crippen molar-refractivity contribution in [3.63, 3.8) is 0 Å². The highest BCUT2D eigenvalue weighted by atomic mass is 32.1. The van der Waals surface area contributed by atoms with Gasteiger partial charge in [-0.2, -0.15) is 5.10 Å². The van der Waals surface area contributed by atoms with Gasteiger partial charge in [0.25, 0.3) is 5.91 Å². The van der Waals surface area contributed by atoms with Crippen molar-refractivity contribution in [2.45, 2.75) is 26.8 Å². The van der Waals surface area contributed by atoms with E-state index in [1.165, 1.54) is 6.21 Å². The number of benzene rings is 2. The first-order valence-electron chi connectivity index (χ1n) is 12.2. The van der Waals surface area contributed by atoms with E-state index in [4.69, 9.17) is 31.2 Å². The minimum Gasteiger partial charge on any atom is -0.483 e. The SMILES string of the molecule is CCOC(=O)COc1cccc(C=NNC(=O)COc2ccccc2[C@@H]2NC(=S)NC(C)=C2C(=O)OCC)c1. The number of amides is 1. The smallest absolute Gasteiger partial charge is 0.344 e. The number of rotatable bonds is 12. The molecule has 1 aliphatic rings. The molecule has 11 nitrogen and oxygen atoms in total. The summed E-state index contributed by atoms with van der Waals surface area (Å²) >= 11 is 5.29. The van der Waals surface area contributed by atoms with Crippen molar-refractivity contribution in [2.75, 3.05) is 26.4 Å². The van der Waals surface area contributed by atoms with E-state index in [2.05, 4.69) is 21.2 Å². The fourth-order valence-electron chi connectivity index (χ4n) is 3.64. The van der Waals surface area contributed by atoms with E-state index in [9.17, 15) is 14.4 Å². The maximum atomic E-state index is 12.7. The molecular formula is C27H30N4O7S. The lowest BCUT2D eigenvalue weighted by atomic mass is 9.95. The van der Waals surface area contributed by atoms with Crippen LogP contribution in [0, 0.1) is 0 Å². The van der Waals surface area contributed by atoms with E-state index >= 15 is 0 Å². The number of carbonyl (C=O) groups is 3. The van der Waals surface area contributed by atoms with Crippen LogP contribution in [0.25, 0.3) is 0 Å². The zero-order valence-electron chi connectivity index (χ0n) is 21.8. The molecule has 0 saturated heterocycles. The van der Waals surface area contributed by atoms with Gasteiger partial charge in [-0.15, -0.1) is 0 Å². The molecule has 0 aliphatic carbocycles. The average Bonchev–Trinajstić information content (AvgIpc) is 2.91. The van der Waals surface area contributed by atoms with Crippen LogP contribution in [0.3, 0.4) is 0 Å². The van der Waals surface area contributed by atoms with E-state index in [-0.39, 0.29) is 26.4 Å². The van der Waals surface area contributed by atoms with Crippen LogP contribution >= 0.6 is 12.2 Å². The molecule has 0 spiro atoms. The van der Waals surface area contributed by atoms with E-state index in [1.54, 1.807) is 69.3 Å². The van der Waals surface area contributed by atoms with Gasteiger partial charge < -0.3 is 29.6 Å². The van der Waals surface area contributed by atoms with Gasteiger partial charge in [0, 0.05) is 11.3 Å². The van der Waals surface area contributed by atoms with Gasteiger partial charge in [-0.05, 0) is 56.8 Å². The Morgan fingerprint density at radius 1 is 1.03 bits per heavy atom. The number of esters is 2. The molecule has 0 unspecified atom stereocenters. The lowest BCUT2D eigenvalue weighted by Crippen LogP contribution is -2.45. The predicted octanol–water partition coefficient (Wildman–Crippen LogP) is 2.51. The summed E-state index contributed by atoms with van der Waals surface area (Å²) in [6.07, 6.45) is 1.43. The number of hydrogen-bond acceptors (Lipinski definition) is 9. The highest BCUT2D eigenvalue weighted by Crippen LogP contribution is 2.33. The molecule has 1 aliphatic heterocycles. The minimum atomic E-state index is -0.631. The highest BCUT2D eigenvalue weighted by Gasteiger charge is 2.32. The Balaban J connectivity index is 1.62. The number of carbonyl (C=O) groups excluding carboxylic acids is 3. The van der Waals surface area contributed by atoms with Crippen LogP contribution in [-0.2, 0) is 23.9 Å².